The third-order valence-corrected chi connectivity index (χ3v) is 7.17. The zero-order valence-corrected chi connectivity index (χ0v) is 18.2. The van der Waals surface area contributed by atoms with Crippen molar-refractivity contribution in [3.63, 3.8) is 0 Å². The molecule has 2 heterocycles. The first-order chi connectivity index (χ1) is 15.0. The van der Waals surface area contributed by atoms with Crippen LogP contribution in [0.15, 0.2) is 41.1 Å². The van der Waals surface area contributed by atoms with Crippen molar-refractivity contribution in [1.29, 1.82) is 0 Å². The number of hydrogen-bond acceptors (Lipinski definition) is 6. The van der Waals surface area contributed by atoms with E-state index in [-0.39, 0.29) is 29.2 Å². The van der Waals surface area contributed by atoms with Gasteiger partial charge in [-0.1, -0.05) is 30.3 Å². The molecule has 1 aromatic carbocycles. The quantitative estimate of drug-likeness (QED) is 0.634. The SMILES string of the molecule is Cc1ncoc1C(=O)NC[C@@]1(c2ccccc2)CC[C@H](O)[C@@H](N2CCC(O)CC2)CC1. The van der Waals surface area contributed by atoms with E-state index in [1.165, 1.54) is 12.0 Å². The molecule has 4 rings (SSSR count). The van der Waals surface area contributed by atoms with Crippen molar-refractivity contribution in [2.24, 2.45) is 0 Å². The highest BCUT2D eigenvalue weighted by molar-refractivity contribution is 5.92. The van der Waals surface area contributed by atoms with Gasteiger partial charge in [-0.3, -0.25) is 9.69 Å². The first-order valence-electron chi connectivity index (χ1n) is 11.3. The fraction of sp³-hybridized carbons (Fsp3) is 0.583. The summed E-state index contributed by atoms with van der Waals surface area (Å²) in [5.74, 6) is -0.00158. The van der Waals surface area contributed by atoms with E-state index in [2.05, 4.69) is 27.3 Å². The first-order valence-corrected chi connectivity index (χ1v) is 11.3. The molecule has 3 atom stereocenters. The summed E-state index contributed by atoms with van der Waals surface area (Å²) in [5.41, 5.74) is 1.51. The van der Waals surface area contributed by atoms with Gasteiger partial charge >= 0.3 is 0 Å². The molecule has 2 aliphatic rings. The standard InChI is InChI=1S/C24H33N3O4/c1-17-22(31-16-26-17)23(30)25-15-24(18-5-3-2-4-6-18)11-7-20(21(29)8-12-24)27-13-9-19(28)10-14-27/h2-6,16,19-21,28-29H,7-15H2,1H3,(H,25,30)/t20-,21-,24-/m0/s1. The van der Waals surface area contributed by atoms with E-state index in [1.54, 1.807) is 6.92 Å². The lowest BCUT2D eigenvalue weighted by molar-refractivity contribution is 0.00482. The Kier molecular flexibility index (Phi) is 6.74. The summed E-state index contributed by atoms with van der Waals surface area (Å²) in [7, 11) is 0. The van der Waals surface area contributed by atoms with Crippen molar-refractivity contribution in [2.75, 3.05) is 19.6 Å². The van der Waals surface area contributed by atoms with Crippen molar-refractivity contribution < 1.29 is 19.4 Å². The Morgan fingerprint density at radius 2 is 1.87 bits per heavy atom. The number of benzene rings is 1. The molecule has 1 saturated heterocycles. The maximum atomic E-state index is 12.7. The molecule has 0 bridgehead atoms. The molecule has 0 unspecified atom stereocenters. The fourth-order valence-electron chi connectivity index (χ4n) is 5.21. The zero-order chi connectivity index (χ0) is 21.8. The van der Waals surface area contributed by atoms with Crippen molar-refractivity contribution in [3.05, 3.63) is 53.7 Å². The summed E-state index contributed by atoms with van der Waals surface area (Å²) in [6.07, 6.45) is 5.37. The van der Waals surface area contributed by atoms with Gasteiger partial charge < -0.3 is 19.9 Å². The van der Waals surface area contributed by atoms with Crippen LogP contribution >= 0.6 is 0 Å². The summed E-state index contributed by atoms with van der Waals surface area (Å²) in [5, 5.41) is 23.9. The molecule has 2 aromatic rings. The summed E-state index contributed by atoms with van der Waals surface area (Å²) in [4.78, 5) is 19.1. The number of aliphatic hydroxyl groups excluding tert-OH is 2. The lowest BCUT2D eigenvalue weighted by Gasteiger charge is -2.38. The van der Waals surface area contributed by atoms with Crippen molar-refractivity contribution in [3.8, 4) is 0 Å². The van der Waals surface area contributed by atoms with Crippen molar-refractivity contribution in [2.45, 2.75) is 69.1 Å². The lowest BCUT2D eigenvalue weighted by atomic mass is 9.74. The molecule has 31 heavy (non-hydrogen) atoms. The molecule has 3 N–H and O–H groups in total. The number of aliphatic hydroxyl groups is 2. The number of likely N-dealkylation sites (tertiary alicyclic amines) is 1. The van der Waals surface area contributed by atoms with Gasteiger partial charge in [0.2, 0.25) is 5.76 Å². The van der Waals surface area contributed by atoms with Gasteiger partial charge in [-0.15, -0.1) is 0 Å². The van der Waals surface area contributed by atoms with Crippen LogP contribution in [0.3, 0.4) is 0 Å². The molecule has 1 saturated carbocycles. The molecule has 1 aromatic heterocycles. The Morgan fingerprint density at radius 3 is 2.55 bits per heavy atom. The van der Waals surface area contributed by atoms with Crippen LogP contribution in [0.1, 0.15) is 60.3 Å². The summed E-state index contributed by atoms with van der Waals surface area (Å²) >= 11 is 0. The number of aromatic nitrogens is 1. The van der Waals surface area contributed by atoms with Crippen LogP contribution in [0, 0.1) is 6.92 Å². The number of rotatable bonds is 5. The number of hydrogen-bond donors (Lipinski definition) is 3. The highest BCUT2D eigenvalue weighted by Crippen LogP contribution is 2.39. The summed E-state index contributed by atoms with van der Waals surface area (Å²) in [6.45, 7) is 3.88. The zero-order valence-electron chi connectivity index (χ0n) is 18.2. The van der Waals surface area contributed by atoms with Crippen LogP contribution < -0.4 is 5.32 Å². The van der Waals surface area contributed by atoms with E-state index >= 15 is 0 Å². The fourth-order valence-corrected chi connectivity index (χ4v) is 5.21. The molecular formula is C24H33N3O4. The van der Waals surface area contributed by atoms with Gasteiger partial charge in [0.05, 0.1) is 17.9 Å². The number of carbonyl (C=O) groups is 1. The average Bonchev–Trinajstić information content (AvgIpc) is 3.15. The van der Waals surface area contributed by atoms with Gasteiger partial charge in [-0.25, -0.2) is 4.98 Å². The number of aryl methyl sites for hydroxylation is 1. The van der Waals surface area contributed by atoms with Crippen LogP contribution in [0.4, 0.5) is 0 Å². The Balaban J connectivity index is 1.52. The number of carbonyl (C=O) groups excluding carboxylic acids is 1. The second-order valence-corrected chi connectivity index (χ2v) is 9.08. The average molecular weight is 428 g/mol. The number of piperidine rings is 1. The third kappa shape index (κ3) is 4.84. The molecule has 7 nitrogen and oxygen atoms in total. The second kappa shape index (κ2) is 9.51. The Bertz CT molecular complexity index is 863. The van der Waals surface area contributed by atoms with Gasteiger partial charge in [-0.05, 0) is 51.0 Å². The van der Waals surface area contributed by atoms with E-state index in [4.69, 9.17) is 4.42 Å². The van der Waals surface area contributed by atoms with Gasteiger partial charge in [-0.2, -0.15) is 0 Å². The smallest absolute Gasteiger partial charge is 0.289 e. The highest BCUT2D eigenvalue weighted by atomic mass is 16.3. The lowest BCUT2D eigenvalue weighted by Crippen LogP contribution is -2.48. The number of amides is 1. The summed E-state index contributed by atoms with van der Waals surface area (Å²) in [6, 6.07) is 10.4. The van der Waals surface area contributed by atoms with Crippen LogP contribution in [-0.2, 0) is 5.41 Å². The Labute approximate surface area is 183 Å². The topological polar surface area (TPSA) is 98.8 Å². The van der Waals surface area contributed by atoms with Gasteiger partial charge in [0, 0.05) is 31.1 Å². The molecule has 2 fully saturated rings. The first kappa shape index (κ1) is 22.0. The largest absolute Gasteiger partial charge is 0.438 e. The second-order valence-electron chi connectivity index (χ2n) is 9.08. The molecular weight excluding hydrogens is 394 g/mol. The maximum Gasteiger partial charge on any atom is 0.289 e. The van der Waals surface area contributed by atoms with Crippen LogP contribution in [0.5, 0.6) is 0 Å². The van der Waals surface area contributed by atoms with E-state index in [9.17, 15) is 15.0 Å². The molecule has 7 heteroatoms. The number of nitrogens with zero attached hydrogens (tertiary/aromatic N) is 2. The van der Waals surface area contributed by atoms with Crippen LogP contribution in [0.25, 0.3) is 0 Å². The Hall–Kier alpha value is -2.22. The minimum Gasteiger partial charge on any atom is -0.438 e. The molecule has 168 valence electrons. The number of oxazole rings is 1. The van der Waals surface area contributed by atoms with E-state index in [0.717, 1.165) is 45.2 Å². The predicted molar refractivity (Wildman–Crippen MR) is 117 cm³/mol. The molecule has 1 aliphatic carbocycles. The van der Waals surface area contributed by atoms with Gasteiger partial charge in [0.25, 0.3) is 5.91 Å². The van der Waals surface area contributed by atoms with E-state index in [0.29, 0.717) is 18.7 Å². The maximum absolute atomic E-state index is 12.7. The molecule has 0 spiro atoms. The van der Waals surface area contributed by atoms with E-state index < -0.39 is 6.10 Å². The predicted octanol–water partition coefficient (Wildman–Crippen LogP) is 2.41. The van der Waals surface area contributed by atoms with Crippen LogP contribution in [-0.4, -0.2) is 63.9 Å². The third-order valence-electron chi connectivity index (χ3n) is 7.17. The highest BCUT2D eigenvalue weighted by Gasteiger charge is 2.40. The van der Waals surface area contributed by atoms with Gasteiger partial charge in [0.15, 0.2) is 6.39 Å². The minimum absolute atomic E-state index is 0.0882. The van der Waals surface area contributed by atoms with Crippen molar-refractivity contribution >= 4 is 5.91 Å². The normalized spacial score (nSPS) is 28.2. The molecule has 1 aliphatic heterocycles. The van der Waals surface area contributed by atoms with Crippen LogP contribution in [0.2, 0.25) is 0 Å². The number of nitrogens with one attached hydrogen (secondary N) is 1. The van der Waals surface area contributed by atoms with Crippen molar-refractivity contribution in [1.82, 2.24) is 15.2 Å². The van der Waals surface area contributed by atoms with Gasteiger partial charge in [0.1, 0.15) is 0 Å². The summed E-state index contributed by atoms with van der Waals surface area (Å²) < 4.78 is 5.26. The monoisotopic (exact) mass is 427 g/mol. The molecule has 1 amide bonds. The minimum atomic E-state index is -0.409. The molecule has 0 radical (unpaired) electrons. The Morgan fingerprint density at radius 1 is 1.16 bits per heavy atom. The van der Waals surface area contributed by atoms with E-state index in [1.807, 2.05) is 18.2 Å².